The van der Waals surface area contributed by atoms with Gasteiger partial charge in [0.2, 0.25) is 5.91 Å². The molecule has 1 N–H and O–H groups in total. The second kappa shape index (κ2) is 8.02. The Balaban J connectivity index is 1.50. The molecule has 0 fully saturated rings. The summed E-state index contributed by atoms with van der Waals surface area (Å²) in [5, 5.41) is 11.7. The molecule has 2 aromatic heterocycles. The van der Waals surface area contributed by atoms with Crippen LogP contribution >= 0.6 is 11.8 Å². The first kappa shape index (κ1) is 17.3. The van der Waals surface area contributed by atoms with Crippen molar-refractivity contribution in [1.29, 1.82) is 0 Å². The van der Waals surface area contributed by atoms with Crippen LogP contribution in [0.4, 0.5) is 0 Å². The van der Waals surface area contributed by atoms with E-state index in [0.29, 0.717) is 11.7 Å². The maximum absolute atomic E-state index is 12.3. The van der Waals surface area contributed by atoms with Crippen molar-refractivity contribution in [2.45, 2.75) is 23.8 Å². The zero-order valence-electron chi connectivity index (χ0n) is 14.2. The third kappa shape index (κ3) is 4.30. The molecule has 0 spiro atoms. The number of amides is 1. The highest BCUT2D eigenvalue weighted by Gasteiger charge is 2.17. The zero-order valence-corrected chi connectivity index (χ0v) is 15.0. The third-order valence-corrected chi connectivity index (χ3v) is 4.86. The van der Waals surface area contributed by atoms with Crippen molar-refractivity contribution in [1.82, 2.24) is 19.9 Å². The van der Waals surface area contributed by atoms with Crippen LogP contribution in [0.15, 0.2) is 53.8 Å². The molecule has 1 amide bonds. The number of thioether (sulfide) groups is 1. The van der Waals surface area contributed by atoms with Crippen molar-refractivity contribution >= 4 is 23.3 Å². The summed E-state index contributed by atoms with van der Waals surface area (Å²) in [5.41, 5.74) is 1.93. The molecule has 6 nitrogen and oxygen atoms in total. The summed E-state index contributed by atoms with van der Waals surface area (Å²) < 4.78 is 7.02. The summed E-state index contributed by atoms with van der Waals surface area (Å²) in [7, 11) is 1.65. The number of hydrogen-bond acceptors (Lipinski definition) is 5. The van der Waals surface area contributed by atoms with Crippen LogP contribution in [0.1, 0.15) is 12.5 Å². The normalized spacial score (nSPS) is 12.1. The van der Waals surface area contributed by atoms with Gasteiger partial charge in [0.25, 0.3) is 0 Å². The number of methoxy groups -OCH3 is 1. The van der Waals surface area contributed by atoms with Crippen LogP contribution in [0.3, 0.4) is 0 Å². The van der Waals surface area contributed by atoms with Crippen LogP contribution in [-0.2, 0) is 11.2 Å². The van der Waals surface area contributed by atoms with Crippen molar-refractivity contribution in [2.24, 2.45) is 0 Å². The Kier molecular flexibility index (Phi) is 5.55. The molecule has 25 heavy (non-hydrogen) atoms. The number of carbonyl (C=O) groups is 1. The number of ether oxygens (including phenoxy) is 1. The number of aromatic nitrogens is 3. The fourth-order valence-electron chi connectivity index (χ4n) is 2.38. The predicted molar refractivity (Wildman–Crippen MR) is 98.0 cm³/mol. The molecule has 0 aliphatic heterocycles. The van der Waals surface area contributed by atoms with Gasteiger partial charge in [-0.25, -0.2) is 0 Å². The van der Waals surface area contributed by atoms with Gasteiger partial charge in [0.15, 0.2) is 10.8 Å². The Bertz CT molecular complexity index is 848. The van der Waals surface area contributed by atoms with Crippen molar-refractivity contribution in [3.63, 3.8) is 0 Å². The molecular formula is C18H20N4O2S. The first-order valence-corrected chi connectivity index (χ1v) is 8.92. The van der Waals surface area contributed by atoms with Crippen molar-refractivity contribution in [3.8, 4) is 5.75 Å². The Labute approximate surface area is 150 Å². The first-order chi connectivity index (χ1) is 12.2. The highest BCUT2D eigenvalue weighted by Crippen LogP contribution is 2.22. The van der Waals surface area contributed by atoms with Crippen LogP contribution in [0.25, 0.3) is 5.65 Å². The minimum absolute atomic E-state index is 0.00815. The second-order valence-corrected chi connectivity index (χ2v) is 6.87. The Morgan fingerprint density at radius 2 is 2.04 bits per heavy atom. The molecule has 0 saturated carbocycles. The van der Waals surface area contributed by atoms with E-state index in [-0.39, 0.29) is 11.2 Å². The quantitative estimate of drug-likeness (QED) is 0.659. The van der Waals surface area contributed by atoms with E-state index in [1.54, 1.807) is 7.11 Å². The number of benzene rings is 1. The standard InChI is InChI=1S/C18H20N4O2S/c1-13(25-18-21-20-16-5-3-4-12-22(16)18)17(23)19-11-10-14-6-8-15(24-2)9-7-14/h3-9,12-13H,10-11H2,1-2H3,(H,19,23)/t13-/m1/s1. The van der Waals surface area contributed by atoms with Gasteiger partial charge in [-0.2, -0.15) is 0 Å². The van der Waals surface area contributed by atoms with Crippen LogP contribution in [0.5, 0.6) is 5.75 Å². The molecule has 3 aromatic rings. The van der Waals surface area contributed by atoms with Crippen LogP contribution < -0.4 is 10.1 Å². The average Bonchev–Trinajstić information content (AvgIpc) is 3.05. The van der Waals surface area contributed by atoms with E-state index >= 15 is 0 Å². The lowest BCUT2D eigenvalue weighted by Gasteiger charge is -2.11. The molecule has 130 valence electrons. The van der Waals surface area contributed by atoms with Gasteiger partial charge in [-0.3, -0.25) is 9.20 Å². The van der Waals surface area contributed by atoms with Gasteiger partial charge < -0.3 is 10.1 Å². The highest BCUT2D eigenvalue weighted by molar-refractivity contribution is 8.00. The van der Waals surface area contributed by atoms with E-state index in [0.717, 1.165) is 23.4 Å². The van der Waals surface area contributed by atoms with E-state index in [1.807, 2.05) is 60.0 Å². The number of carbonyl (C=O) groups excluding carboxylic acids is 1. The summed E-state index contributed by atoms with van der Waals surface area (Å²) in [4.78, 5) is 12.3. The third-order valence-electron chi connectivity index (χ3n) is 3.81. The van der Waals surface area contributed by atoms with E-state index in [1.165, 1.54) is 11.8 Å². The van der Waals surface area contributed by atoms with Crippen LogP contribution in [-0.4, -0.2) is 39.4 Å². The second-order valence-electron chi connectivity index (χ2n) is 5.56. The summed E-state index contributed by atoms with van der Waals surface area (Å²) in [6.45, 7) is 2.47. The molecule has 7 heteroatoms. The van der Waals surface area contributed by atoms with Gasteiger partial charge in [0.05, 0.1) is 12.4 Å². The van der Waals surface area contributed by atoms with E-state index in [4.69, 9.17) is 4.74 Å². The molecule has 0 radical (unpaired) electrons. The van der Waals surface area contributed by atoms with Gasteiger partial charge in [-0.05, 0) is 43.2 Å². The average molecular weight is 356 g/mol. The summed E-state index contributed by atoms with van der Waals surface area (Å²) in [6, 6.07) is 13.6. The molecule has 1 aromatic carbocycles. The minimum Gasteiger partial charge on any atom is -0.497 e. The minimum atomic E-state index is -0.247. The topological polar surface area (TPSA) is 68.5 Å². The number of fused-ring (bicyclic) bond motifs is 1. The molecule has 0 unspecified atom stereocenters. The highest BCUT2D eigenvalue weighted by atomic mass is 32.2. The summed E-state index contributed by atoms with van der Waals surface area (Å²) in [6.07, 6.45) is 2.67. The van der Waals surface area contributed by atoms with Gasteiger partial charge in [-0.1, -0.05) is 30.0 Å². The molecular weight excluding hydrogens is 336 g/mol. The van der Waals surface area contributed by atoms with E-state index in [2.05, 4.69) is 15.5 Å². The lowest BCUT2D eigenvalue weighted by molar-refractivity contribution is -0.120. The molecule has 0 bridgehead atoms. The number of hydrogen-bond donors (Lipinski definition) is 1. The Morgan fingerprint density at radius 1 is 1.24 bits per heavy atom. The van der Waals surface area contributed by atoms with Gasteiger partial charge in [0.1, 0.15) is 5.75 Å². The molecule has 0 saturated heterocycles. The van der Waals surface area contributed by atoms with Crippen LogP contribution in [0.2, 0.25) is 0 Å². The molecule has 2 heterocycles. The molecule has 1 atom stereocenters. The number of nitrogens with one attached hydrogen (secondary N) is 1. The predicted octanol–water partition coefficient (Wildman–Crippen LogP) is 2.58. The van der Waals surface area contributed by atoms with Crippen LogP contribution in [0, 0.1) is 0 Å². The lowest BCUT2D eigenvalue weighted by Crippen LogP contribution is -2.32. The molecule has 0 aliphatic carbocycles. The number of nitrogens with zero attached hydrogens (tertiary/aromatic N) is 3. The Morgan fingerprint density at radius 3 is 2.80 bits per heavy atom. The summed E-state index contributed by atoms with van der Waals surface area (Å²) in [5.74, 6) is 0.824. The maximum Gasteiger partial charge on any atom is 0.233 e. The molecule has 3 rings (SSSR count). The maximum atomic E-state index is 12.3. The summed E-state index contributed by atoms with van der Waals surface area (Å²) >= 11 is 1.40. The van der Waals surface area contributed by atoms with Gasteiger partial charge in [0, 0.05) is 12.7 Å². The fourth-order valence-corrected chi connectivity index (χ4v) is 3.24. The smallest absolute Gasteiger partial charge is 0.233 e. The monoisotopic (exact) mass is 356 g/mol. The van der Waals surface area contributed by atoms with E-state index < -0.39 is 0 Å². The van der Waals surface area contributed by atoms with Crippen molar-refractivity contribution in [2.75, 3.05) is 13.7 Å². The first-order valence-electron chi connectivity index (χ1n) is 8.04. The number of rotatable bonds is 7. The Hall–Kier alpha value is -2.54. The largest absolute Gasteiger partial charge is 0.497 e. The van der Waals surface area contributed by atoms with E-state index in [9.17, 15) is 4.79 Å². The van der Waals surface area contributed by atoms with Gasteiger partial charge in [-0.15, -0.1) is 10.2 Å². The SMILES string of the molecule is COc1ccc(CCNC(=O)[C@@H](C)Sc2nnc3ccccn23)cc1. The van der Waals surface area contributed by atoms with Crippen molar-refractivity contribution < 1.29 is 9.53 Å². The van der Waals surface area contributed by atoms with Gasteiger partial charge >= 0.3 is 0 Å². The fraction of sp³-hybridized carbons (Fsp3) is 0.278. The molecule has 0 aliphatic rings. The van der Waals surface area contributed by atoms with Crippen molar-refractivity contribution in [3.05, 3.63) is 54.2 Å². The number of pyridine rings is 1. The lowest BCUT2D eigenvalue weighted by atomic mass is 10.1. The zero-order chi connectivity index (χ0) is 17.6.